The molecule has 2 rings (SSSR count). The lowest BCUT2D eigenvalue weighted by molar-refractivity contribution is -0.374. The summed E-state index contributed by atoms with van der Waals surface area (Å²) >= 11 is 0. The molecule has 86 valence electrons. The summed E-state index contributed by atoms with van der Waals surface area (Å²) in [5.41, 5.74) is 0.589. The lowest BCUT2D eigenvalue weighted by atomic mass is 10.1. The van der Waals surface area contributed by atoms with Crippen LogP contribution in [0.1, 0.15) is 17.1 Å². The standard InChI is InChI=1S/C13H11NO3/c1-10-7-8-12(17-10)9-13(14(15)16)11-5-3-2-4-6-11/h2-9H,1H3. The highest BCUT2D eigenvalue weighted by Gasteiger charge is 2.14. The molecule has 4 nitrogen and oxygen atoms in total. The van der Waals surface area contributed by atoms with E-state index < -0.39 is 4.92 Å². The van der Waals surface area contributed by atoms with Crippen molar-refractivity contribution in [1.29, 1.82) is 0 Å². The first-order chi connectivity index (χ1) is 8.16. The van der Waals surface area contributed by atoms with Gasteiger partial charge in [0, 0.05) is 0 Å². The summed E-state index contributed by atoms with van der Waals surface area (Å²) in [6.07, 6.45) is 1.43. The lowest BCUT2D eigenvalue weighted by Gasteiger charge is -1.97. The molecule has 0 aliphatic rings. The molecule has 0 unspecified atom stereocenters. The monoisotopic (exact) mass is 229 g/mol. The van der Waals surface area contributed by atoms with Gasteiger partial charge in [0.15, 0.2) is 0 Å². The first kappa shape index (κ1) is 11.1. The number of aryl methyl sites for hydroxylation is 1. The normalized spacial score (nSPS) is 11.5. The Hall–Kier alpha value is -2.36. The fraction of sp³-hybridized carbons (Fsp3) is 0.0769. The van der Waals surface area contributed by atoms with Crippen molar-refractivity contribution >= 4 is 11.8 Å². The van der Waals surface area contributed by atoms with Gasteiger partial charge in [-0.2, -0.15) is 0 Å². The summed E-state index contributed by atoms with van der Waals surface area (Å²) in [6.45, 7) is 1.80. The summed E-state index contributed by atoms with van der Waals surface area (Å²) in [5.74, 6) is 1.21. The number of hydrogen-bond donors (Lipinski definition) is 0. The minimum absolute atomic E-state index is 0.0277. The Balaban J connectivity index is 2.43. The molecule has 0 fully saturated rings. The van der Waals surface area contributed by atoms with Crippen LogP contribution in [0.25, 0.3) is 11.8 Å². The number of benzene rings is 1. The SMILES string of the molecule is Cc1ccc(C=C(c2ccccc2)[N+](=O)[O-])o1. The van der Waals surface area contributed by atoms with Crippen LogP contribution in [0.5, 0.6) is 0 Å². The van der Waals surface area contributed by atoms with Crippen molar-refractivity contribution in [3.05, 3.63) is 69.7 Å². The molecule has 1 aromatic heterocycles. The first-order valence-electron chi connectivity index (χ1n) is 5.15. The summed E-state index contributed by atoms with van der Waals surface area (Å²) in [6, 6.07) is 12.2. The van der Waals surface area contributed by atoms with E-state index in [-0.39, 0.29) is 5.70 Å². The topological polar surface area (TPSA) is 56.3 Å². The molecular formula is C13H11NO3. The highest BCUT2D eigenvalue weighted by atomic mass is 16.6. The summed E-state index contributed by atoms with van der Waals surface area (Å²) < 4.78 is 5.30. The predicted octanol–water partition coefficient (Wildman–Crippen LogP) is 3.36. The van der Waals surface area contributed by atoms with E-state index in [4.69, 9.17) is 4.42 Å². The van der Waals surface area contributed by atoms with E-state index in [2.05, 4.69) is 0 Å². The third-order valence-corrected chi connectivity index (χ3v) is 2.31. The number of nitrogens with zero attached hydrogens (tertiary/aromatic N) is 1. The van der Waals surface area contributed by atoms with Gasteiger partial charge in [-0.1, -0.05) is 18.2 Å². The summed E-state index contributed by atoms with van der Waals surface area (Å²) in [4.78, 5) is 10.6. The van der Waals surface area contributed by atoms with Gasteiger partial charge in [0.25, 0.3) is 5.70 Å². The summed E-state index contributed by atoms with van der Waals surface area (Å²) in [7, 11) is 0. The van der Waals surface area contributed by atoms with Gasteiger partial charge in [0.05, 0.1) is 16.6 Å². The molecule has 0 aliphatic carbocycles. The molecule has 2 aromatic rings. The fourth-order valence-corrected chi connectivity index (χ4v) is 1.52. The van der Waals surface area contributed by atoms with Crippen LogP contribution in [-0.2, 0) is 0 Å². The maximum atomic E-state index is 11.0. The third kappa shape index (κ3) is 2.60. The van der Waals surface area contributed by atoms with Gasteiger partial charge in [-0.25, -0.2) is 0 Å². The molecule has 0 saturated carbocycles. The average Bonchev–Trinajstić information content (AvgIpc) is 2.73. The lowest BCUT2D eigenvalue weighted by Crippen LogP contribution is -1.97. The largest absolute Gasteiger partial charge is 0.462 e. The zero-order valence-electron chi connectivity index (χ0n) is 9.29. The van der Waals surface area contributed by atoms with Crippen molar-refractivity contribution in [3.8, 4) is 0 Å². The van der Waals surface area contributed by atoms with E-state index in [0.717, 1.165) is 5.76 Å². The molecule has 0 N–H and O–H groups in total. The Morgan fingerprint density at radius 3 is 2.47 bits per heavy atom. The van der Waals surface area contributed by atoms with Gasteiger partial charge < -0.3 is 4.42 Å². The van der Waals surface area contributed by atoms with Gasteiger partial charge in [0.2, 0.25) is 0 Å². The third-order valence-electron chi connectivity index (χ3n) is 2.31. The predicted molar refractivity (Wildman–Crippen MR) is 64.8 cm³/mol. The van der Waals surface area contributed by atoms with Crippen molar-refractivity contribution in [1.82, 2.24) is 0 Å². The van der Waals surface area contributed by atoms with Crippen LogP contribution in [0, 0.1) is 17.0 Å². The highest BCUT2D eigenvalue weighted by molar-refractivity contribution is 5.74. The number of nitro groups is 1. The second-order valence-electron chi connectivity index (χ2n) is 3.60. The molecule has 0 saturated heterocycles. The van der Waals surface area contributed by atoms with Crippen LogP contribution in [0.15, 0.2) is 46.9 Å². The molecule has 0 amide bonds. The van der Waals surface area contributed by atoms with Gasteiger partial charge in [-0.05, 0) is 31.2 Å². The molecule has 0 radical (unpaired) electrons. The van der Waals surface area contributed by atoms with Crippen molar-refractivity contribution in [2.75, 3.05) is 0 Å². The Labute approximate surface area is 98.3 Å². The number of furan rings is 1. The second kappa shape index (κ2) is 4.65. The van der Waals surface area contributed by atoms with Crippen molar-refractivity contribution in [2.24, 2.45) is 0 Å². The van der Waals surface area contributed by atoms with Gasteiger partial charge in [-0.3, -0.25) is 10.1 Å². The minimum atomic E-state index is -0.410. The molecule has 1 heterocycles. The Morgan fingerprint density at radius 2 is 1.94 bits per heavy atom. The Bertz CT molecular complexity index is 555. The molecular weight excluding hydrogens is 218 g/mol. The average molecular weight is 229 g/mol. The van der Waals surface area contributed by atoms with Crippen LogP contribution < -0.4 is 0 Å². The molecule has 0 aliphatic heterocycles. The van der Waals surface area contributed by atoms with Crippen LogP contribution in [0.3, 0.4) is 0 Å². The van der Waals surface area contributed by atoms with Crippen molar-refractivity contribution < 1.29 is 9.34 Å². The Kier molecular flexibility index (Phi) is 3.05. The van der Waals surface area contributed by atoms with Crippen molar-refractivity contribution in [3.63, 3.8) is 0 Å². The van der Waals surface area contributed by atoms with E-state index in [1.54, 1.807) is 43.3 Å². The second-order valence-corrected chi connectivity index (χ2v) is 3.60. The van der Waals surface area contributed by atoms with E-state index in [0.29, 0.717) is 11.3 Å². The molecule has 0 spiro atoms. The molecule has 17 heavy (non-hydrogen) atoms. The van der Waals surface area contributed by atoms with Gasteiger partial charge >= 0.3 is 0 Å². The van der Waals surface area contributed by atoms with E-state index in [1.165, 1.54) is 6.08 Å². The fourth-order valence-electron chi connectivity index (χ4n) is 1.52. The van der Waals surface area contributed by atoms with E-state index in [1.807, 2.05) is 6.07 Å². The zero-order chi connectivity index (χ0) is 12.3. The van der Waals surface area contributed by atoms with Gasteiger partial charge in [0.1, 0.15) is 11.5 Å². The maximum Gasteiger partial charge on any atom is 0.280 e. The highest BCUT2D eigenvalue weighted by Crippen LogP contribution is 2.19. The molecule has 0 atom stereocenters. The van der Waals surface area contributed by atoms with Crippen LogP contribution >= 0.6 is 0 Å². The number of rotatable bonds is 3. The van der Waals surface area contributed by atoms with Crippen LogP contribution in [0.4, 0.5) is 0 Å². The van der Waals surface area contributed by atoms with Crippen molar-refractivity contribution in [2.45, 2.75) is 6.92 Å². The molecule has 0 bridgehead atoms. The van der Waals surface area contributed by atoms with Crippen LogP contribution in [0.2, 0.25) is 0 Å². The van der Waals surface area contributed by atoms with Gasteiger partial charge in [-0.15, -0.1) is 0 Å². The number of hydrogen-bond acceptors (Lipinski definition) is 3. The quantitative estimate of drug-likeness (QED) is 0.599. The van der Waals surface area contributed by atoms with E-state index in [9.17, 15) is 10.1 Å². The summed E-state index contributed by atoms with van der Waals surface area (Å²) in [5, 5.41) is 11.0. The smallest absolute Gasteiger partial charge is 0.280 e. The Morgan fingerprint density at radius 1 is 1.24 bits per heavy atom. The molecule has 4 heteroatoms. The van der Waals surface area contributed by atoms with E-state index >= 15 is 0 Å². The minimum Gasteiger partial charge on any atom is -0.462 e. The molecule has 1 aromatic carbocycles. The maximum absolute atomic E-state index is 11.0. The zero-order valence-corrected chi connectivity index (χ0v) is 9.29. The van der Waals surface area contributed by atoms with Crippen LogP contribution in [-0.4, -0.2) is 4.92 Å². The first-order valence-corrected chi connectivity index (χ1v) is 5.15.